The first-order valence-corrected chi connectivity index (χ1v) is 9.07. The Morgan fingerprint density at radius 3 is 2.56 bits per heavy atom. The predicted octanol–water partition coefficient (Wildman–Crippen LogP) is 1.78. The Hall–Kier alpha value is -1.92. The first kappa shape index (κ1) is 19.8. The standard InChI is InChI=1S/C14H16ClF3N6O2S/c1-26-7-10-20-13(27-21-10)23-4-2-22(3-5-23)9-6-19-24(8-14(16,17)18)12(25)11(9)15/h6H,2-5,7-8H2,1H3. The van der Waals surface area contributed by atoms with Gasteiger partial charge < -0.3 is 14.5 Å². The van der Waals surface area contributed by atoms with E-state index in [1.807, 2.05) is 9.80 Å². The summed E-state index contributed by atoms with van der Waals surface area (Å²) in [4.78, 5) is 20.3. The molecule has 1 fully saturated rings. The molecule has 1 aliphatic heterocycles. The molecule has 0 unspecified atom stereocenters. The molecular formula is C14H16ClF3N6O2S. The van der Waals surface area contributed by atoms with Crippen molar-refractivity contribution in [1.29, 1.82) is 0 Å². The molecule has 0 spiro atoms. The highest BCUT2D eigenvalue weighted by atomic mass is 35.5. The molecule has 0 bridgehead atoms. The van der Waals surface area contributed by atoms with Gasteiger partial charge in [0.05, 0.1) is 11.9 Å². The monoisotopic (exact) mass is 424 g/mol. The van der Waals surface area contributed by atoms with Gasteiger partial charge in [-0.1, -0.05) is 11.6 Å². The molecule has 0 aliphatic carbocycles. The lowest BCUT2D eigenvalue weighted by atomic mass is 10.3. The lowest BCUT2D eigenvalue weighted by Gasteiger charge is -2.35. The minimum atomic E-state index is -4.54. The molecule has 2 aromatic rings. The molecule has 3 rings (SSSR count). The number of halogens is 4. The number of anilines is 2. The summed E-state index contributed by atoms with van der Waals surface area (Å²) in [5, 5.41) is 4.12. The fraction of sp³-hybridized carbons (Fsp3) is 0.571. The number of alkyl halides is 3. The second kappa shape index (κ2) is 7.98. The van der Waals surface area contributed by atoms with Gasteiger partial charge in [-0.3, -0.25) is 4.79 Å². The fourth-order valence-corrected chi connectivity index (χ4v) is 3.65. The molecule has 1 aliphatic rings. The van der Waals surface area contributed by atoms with Crippen LogP contribution < -0.4 is 15.4 Å². The van der Waals surface area contributed by atoms with E-state index in [-0.39, 0.29) is 5.02 Å². The normalized spacial score (nSPS) is 15.4. The predicted molar refractivity (Wildman–Crippen MR) is 94.6 cm³/mol. The molecule has 13 heteroatoms. The number of ether oxygens (including phenoxy) is 1. The van der Waals surface area contributed by atoms with E-state index in [4.69, 9.17) is 16.3 Å². The fourth-order valence-electron chi connectivity index (χ4n) is 2.66. The van der Waals surface area contributed by atoms with E-state index in [0.29, 0.717) is 49.0 Å². The van der Waals surface area contributed by atoms with Gasteiger partial charge in [0.25, 0.3) is 5.56 Å². The van der Waals surface area contributed by atoms with Crippen LogP contribution in [0.15, 0.2) is 11.0 Å². The molecule has 1 saturated heterocycles. The summed E-state index contributed by atoms with van der Waals surface area (Å²) in [6, 6.07) is 0. The van der Waals surface area contributed by atoms with Gasteiger partial charge >= 0.3 is 6.18 Å². The van der Waals surface area contributed by atoms with Gasteiger partial charge in [0.15, 0.2) is 5.82 Å². The van der Waals surface area contributed by atoms with Crippen molar-refractivity contribution in [1.82, 2.24) is 19.1 Å². The van der Waals surface area contributed by atoms with Crippen LogP contribution in [0.5, 0.6) is 0 Å². The van der Waals surface area contributed by atoms with Crippen molar-refractivity contribution < 1.29 is 17.9 Å². The van der Waals surface area contributed by atoms with E-state index in [9.17, 15) is 18.0 Å². The summed E-state index contributed by atoms with van der Waals surface area (Å²) in [6.45, 7) is 1.10. The third kappa shape index (κ3) is 4.68. The highest BCUT2D eigenvalue weighted by molar-refractivity contribution is 7.09. The molecule has 0 aromatic carbocycles. The third-order valence-corrected chi connectivity index (χ3v) is 5.09. The van der Waals surface area contributed by atoms with E-state index in [1.165, 1.54) is 17.7 Å². The van der Waals surface area contributed by atoms with E-state index in [2.05, 4.69) is 14.5 Å². The number of rotatable bonds is 5. The minimum absolute atomic E-state index is 0.263. The zero-order chi connectivity index (χ0) is 19.6. The lowest BCUT2D eigenvalue weighted by molar-refractivity contribution is -0.143. The molecule has 148 valence electrons. The van der Waals surface area contributed by atoms with E-state index in [0.717, 1.165) is 5.13 Å². The summed E-state index contributed by atoms with van der Waals surface area (Å²) in [5.41, 5.74) is -0.626. The summed E-state index contributed by atoms with van der Waals surface area (Å²) in [7, 11) is 1.57. The molecule has 27 heavy (non-hydrogen) atoms. The molecule has 8 nitrogen and oxygen atoms in total. The van der Waals surface area contributed by atoms with Crippen LogP contribution in [0.2, 0.25) is 5.02 Å². The number of methoxy groups -OCH3 is 1. The van der Waals surface area contributed by atoms with Gasteiger partial charge in [-0.05, 0) is 0 Å². The van der Waals surface area contributed by atoms with Crippen LogP contribution >= 0.6 is 23.1 Å². The highest BCUT2D eigenvalue weighted by Crippen LogP contribution is 2.25. The van der Waals surface area contributed by atoms with Crippen LogP contribution in [-0.2, 0) is 17.9 Å². The van der Waals surface area contributed by atoms with Crippen LogP contribution in [0.1, 0.15) is 5.82 Å². The van der Waals surface area contributed by atoms with Crippen molar-refractivity contribution >= 4 is 34.0 Å². The Balaban J connectivity index is 1.68. The molecular weight excluding hydrogens is 409 g/mol. The van der Waals surface area contributed by atoms with Gasteiger partial charge in [-0.15, -0.1) is 0 Å². The van der Waals surface area contributed by atoms with E-state index >= 15 is 0 Å². The largest absolute Gasteiger partial charge is 0.408 e. The molecule has 3 heterocycles. The summed E-state index contributed by atoms with van der Waals surface area (Å²) in [6.07, 6.45) is -3.34. The molecule has 2 aromatic heterocycles. The maximum atomic E-state index is 12.5. The summed E-state index contributed by atoms with van der Waals surface area (Å²) >= 11 is 7.30. The Kier molecular flexibility index (Phi) is 5.86. The van der Waals surface area contributed by atoms with Crippen LogP contribution in [0.3, 0.4) is 0 Å². The zero-order valence-corrected chi connectivity index (χ0v) is 15.8. The number of piperazine rings is 1. The molecule has 0 N–H and O–H groups in total. The minimum Gasteiger partial charge on any atom is -0.377 e. The van der Waals surface area contributed by atoms with Gasteiger partial charge in [-0.2, -0.15) is 22.6 Å². The van der Waals surface area contributed by atoms with Gasteiger partial charge in [0.1, 0.15) is 18.2 Å². The van der Waals surface area contributed by atoms with Crippen molar-refractivity contribution in [2.45, 2.75) is 19.3 Å². The number of hydrogen-bond donors (Lipinski definition) is 0. The topological polar surface area (TPSA) is 76.4 Å². The third-order valence-electron chi connectivity index (χ3n) is 3.92. The summed E-state index contributed by atoms with van der Waals surface area (Å²) < 4.78 is 47.0. The zero-order valence-electron chi connectivity index (χ0n) is 14.2. The summed E-state index contributed by atoms with van der Waals surface area (Å²) in [5.74, 6) is 0.612. The molecule has 0 amide bonds. The van der Waals surface area contributed by atoms with Crippen LogP contribution in [0.4, 0.5) is 24.0 Å². The number of aromatic nitrogens is 4. The van der Waals surface area contributed by atoms with Crippen molar-refractivity contribution in [2.24, 2.45) is 0 Å². The van der Waals surface area contributed by atoms with Crippen molar-refractivity contribution in [3.05, 3.63) is 27.4 Å². The van der Waals surface area contributed by atoms with Crippen molar-refractivity contribution in [3.63, 3.8) is 0 Å². The van der Waals surface area contributed by atoms with Crippen molar-refractivity contribution in [3.8, 4) is 0 Å². The Morgan fingerprint density at radius 2 is 1.93 bits per heavy atom. The van der Waals surface area contributed by atoms with E-state index in [1.54, 1.807) is 7.11 Å². The lowest BCUT2D eigenvalue weighted by Crippen LogP contribution is -2.47. The van der Waals surface area contributed by atoms with Gasteiger partial charge in [0, 0.05) is 44.8 Å². The van der Waals surface area contributed by atoms with Crippen LogP contribution in [0, 0.1) is 0 Å². The highest BCUT2D eigenvalue weighted by Gasteiger charge is 2.30. The SMILES string of the molecule is COCc1nsc(N2CCN(c3cnn(CC(F)(F)F)c(=O)c3Cl)CC2)n1. The van der Waals surface area contributed by atoms with Crippen LogP contribution in [-0.4, -0.2) is 58.6 Å². The van der Waals surface area contributed by atoms with Crippen LogP contribution in [0.25, 0.3) is 0 Å². The molecule has 0 saturated carbocycles. The Labute approximate surface area is 161 Å². The second-order valence-corrected chi connectivity index (χ2v) is 6.93. The Bertz CT molecular complexity index is 850. The maximum Gasteiger partial charge on any atom is 0.408 e. The smallest absolute Gasteiger partial charge is 0.377 e. The second-order valence-electron chi connectivity index (χ2n) is 5.82. The maximum absolute atomic E-state index is 12.5. The number of nitrogens with zero attached hydrogens (tertiary/aromatic N) is 6. The van der Waals surface area contributed by atoms with E-state index < -0.39 is 18.3 Å². The first-order chi connectivity index (χ1) is 12.8. The Morgan fingerprint density at radius 1 is 1.26 bits per heavy atom. The molecule has 0 atom stereocenters. The quantitative estimate of drug-likeness (QED) is 0.724. The molecule has 0 radical (unpaired) electrons. The first-order valence-electron chi connectivity index (χ1n) is 7.92. The average Bonchev–Trinajstić information content (AvgIpc) is 3.07. The average molecular weight is 425 g/mol. The van der Waals surface area contributed by atoms with Gasteiger partial charge in [0.2, 0.25) is 5.13 Å². The van der Waals surface area contributed by atoms with Gasteiger partial charge in [-0.25, -0.2) is 9.67 Å². The van der Waals surface area contributed by atoms with Crippen molar-refractivity contribution in [2.75, 3.05) is 43.1 Å². The number of hydrogen-bond acceptors (Lipinski definition) is 8.